The number of hydrogen-bond acceptors (Lipinski definition) is 4. The van der Waals surface area contributed by atoms with Gasteiger partial charge >= 0.3 is 5.97 Å². The number of hydrogen-bond donors (Lipinski definition) is 2. The number of aromatic nitrogens is 1. The van der Waals surface area contributed by atoms with E-state index >= 15 is 0 Å². The molecule has 0 aliphatic rings. The molecule has 2 rings (SSSR count). The zero-order valence-electron chi connectivity index (χ0n) is 8.90. The molecule has 1 aromatic carbocycles. The van der Waals surface area contributed by atoms with Crippen molar-refractivity contribution in [2.75, 3.05) is 5.32 Å². The van der Waals surface area contributed by atoms with Crippen molar-refractivity contribution < 1.29 is 14.4 Å². The number of anilines is 2. The zero-order chi connectivity index (χ0) is 12.4. The molecule has 2 N–H and O–H groups in total. The maximum absolute atomic E-state index is 10.9. The minimum atomic E-state index is -1.12. The number of carboxylic acid groups (broad SMARTS) is 1. The van der Waals surface area contributed by atoms with Crippen LogP contribution in [0.25, 0.3) is 0 Å². The smallest absolute Gasteiger partial charge is 0.360 e. The number of rotatable bonds is 3. The highest BCUT2D eigenvalue weighted by atomic mass is 79.9. The van der Waals surface area contributed by atoms with Gasteiger partial charge in [-0.3, -0.25) is 0 Å². The molecule has 17 heavy (non-hydrogen) atoms. The van der Waals surface area contributed by atoms with Gasteiger partial charge in [0.1, 0.15) is 5.69 Å². The van der Waals surface area contributed by atoms with Crippen molar-refractivity contribution in [2.24, 2.45) is 0 Å². The zero-order valence-corrected chi connectivity index (χ0v) is 10.5. The van der Waals surface area contributed by atoms with Crippen molar-refractivity contribution >= 4 is 33.3 Å². The van der Waals surface area contributed by atoms with Crippen molar-refractivity contribution in [3.05, 3.63) is 40.2 Å². The molecule has 5 nitrogen and oxygen atoms in total. The Labute approximate surface area is 106 Å². The van der Waals surface area contributed by atoms with E-state index in [1.165, 1.54) is 0 Å². The fraction of sp³-hybridized carbons (Fsp3) is 0.0909. The molecule has 6 heteroatoms. The third-order valence-electron chi connectivity index (χ3n) is 2.18. The first kappa shape index (κ1) is 11.7. The fourth-order valence-electron chi connectivity index (χ4n) is 1.34. The molecule has 0 saturated carbocycles. The minimum Gasteiger partial charge on any atom is -0.476 e. The predicted molar refractivity (Wildman–Crippen MR) is 65.6 cm³/mol. The van der Waals surface area contributed by atoms with Gasteiger partial charge in [0.25, 0.3) is 0 Å². The maximum atomic E-state index is 10.9. The van der Waals surface area contributed by atoms with Crippen LogP contribution < -0.4 is 5.32 Å². The Morgan fingerprint density at radius 3 is 2.65 bits per heavy atom. The molecule has 0 aliphatic heterocycles. The first-order chi connectivity index (χ1) is 8.08. The lowest BCUT2D eigenvalue weighted by atomic mass is 10.2. The molecule has 0 fully saturated rings. The SMILES string of the molecule is Cc1onc(C(=O)O)c1Nc1ccc(Br)cc1. The van der Waals surface area contributed by atoms with Gasteiger partial charge in [-0.15, -0.1) is 0 Å². The largest absolute Gasteiger partial charge is 0.476 e. The van der Waals surface area contributed by atoms with E-state index in [0.29, 0.717) is 11.4 Å². The van der Waals surface area contributed by atoms with Crippen molar-refractivity contribution in [3.63, 3.8) is 0 Å². The molecule has 2 aromatic rings. The predicted octanol–water partition coefficient (Wildman–Crippen LogP) is 3.19. The highest BCUT2D eigenvalue weighted by Crippen LogP contribution is 2.25. The summed E-state index contributed by atoms with van der Waals surface area (Å²) in [6.07, 6.45) is 0. The molecule has 0 bridgehead atoms. The summed E-state index contributed by atoms with van der Waals surface area (Å²) in [5.41, 5.74) is 1.02. The number of carboxylic acids is 1. The van der Waals surface area contributed by atoms with Gasteiger partial charge in [0.15, 0.2) is 5.76 Å². The molecule has 1 aromatic heterocycles. The highest BCUT2D eigenvalue weighted by Gasteiger charge is 2.18. The van der Waals surface area contributed by atoms with E-state index in [9.17, 15) is 4.79 Å². The third-order valence-corrected chi connectivity index (χ3v) is 2.71. The second-order valence-electron chi connectivity index (χ2n) is 3.40. The second-order valence-corrected chi connectivity index (χ2v) is 4.32. The van der Waals surface area contributed by atoms with Gasteiger partial charge in [-0.05, 0) is 31.2 Å². The number of nitrogens with one attached hydrogen (secondary N) is 1. The van der Waals surface area contributed by atoms with Crippen molar-refractivity contribution in [1.29, 1.82) is 0 Å². The van der Waals surface area contributed by atoms with Crippen molar-refractivity contribution in [1.82, 2.24) is 5.16 Å². The molecule has 0 aliphatic carbocycles. The first-order valence-electron chi connectivity index (χ1n) is 4.80. The van der Waals surface area contributed by atoms with Crippen LogP contribution in [0.2, 0.25) is 0 Å². The standard InChI is InChI=1S/C11H9BrN2O3/c1-6-9(10(11(15)16)14-17-6)13-8-4-2-7(12)3-5-8/h2-5,13H,1H3,(H,15,16). The monoisotopic (exact) mass is 296 g/mol. The molecule has 0 saturated heterocycles. The lowest BCUT2D eigenvalue weighted by Crippen LogP contribution is -2.02. The molecular weight excluding hydrogens is 288 g/mol. The quantitative estimate of drug-likeness (QED) is 0.910. The molecule has 1 heterocycles. The van der Waals surface area contributed by atoms with E-state index in [1.807, 2.05) is 24.3 Å². The van der Waals surface area contributed by atoms with Crippen LogP contribution in [0.3, 0.4) is 0 Å². The Morgan fingerprint density at radius 1 is 1.41 bits per heavy atom. The van der Waals surface area contributed by atoms with E-state index < -0.39 is 5.97 Å². The minimum absolute atomic E-state index is 0.120. The Hall–Kier alpha value is -1.82. The Balaban J connectivity index is 2.32. The van der Waals surface area contributed by atoms with Gasteiger partial charge < -0.3 is 14.9 Å². The summed E-state index contributed by atoms with van der Waals surface area (Å²) in [4.78, 5) is 10.9. The molecule has 0 radical (unpaired) electrons. The number of halogens is 1. The number of carbonyl (C=O) groups is 1. The van der Waals surface area contributed by atoms with Crippen molar-refractivity contribution in [3.8, 4) is 0 Å². The highest BCUT2D eigenvalue weighted by molar-refractivity contribution is 9.10. The maximum Gasteiger partial charge on any atom is 0.360 e. The van der Waals surface area contributed by atoms with Crippen LogP contribution in [0.1, 0.15) is 16.2 Å². The van der Waals surface area contributed by atoms with Crippen LogP contribution in [-0.4, -0.2) is 16.2 Å². The third kappa shape index (κ3) is 2.47. The van der Waals surface area contributed by atoms with E-state index in [4.69, 9.17) is 9.63 Å². The summed E-state index contributed by atoms with van der Waals surface area (Å²) >= 11 is 3.32. The van der Waals surface area contributed by atoms with E-state index in [-0.39, 0.29) is 5.69 Å². The number of benzene rings is 1. The normalized spacial score (nSPS) is 10.2. The van der Waals surface area contributed by atoms with Crippen LogP contribution >= 0.6 is 15.9 Å². The summed E-state index contributed by atoms with van der Waals surface area (Å²) < 4.78 is 5.80. The van der Waals surface area contributed by atoms with Gasteiger partial charge in [-0.2, -0.15) is 0 Å². The Kier molecular flexibility index (Phi) is 3.14. The van der Waals surface area contributed by atoms with Crippen LogP contribution in [-0.2, 0) is 0 Å². The number of aryl methyl sites for hydroxylation is 1. The topological polar surface area (TPSA) is 75.4 Å². The van der Waals surface area contributed by atoms with E-state index in [2.05, 4.69) is 26.4 Å². The number of nitrogens with zero attached hydrogens (tertiary/aromatic N) is 1. The first-order valence-corrected chi connectivity index (χ1v) is 5.59. The Bertz CT molecular complexity index is 548. The summed E-state index contributed by atoms with van der Waals surface area (Å²) in [6.45, 7) is 1.65. The van der Waals surface area contributed by atoms with Gasteiger partial charge in [0.05, 0.1) is 0 Å². The molecule has 0 amide bonds. The summed E-state index contributed by atoms with van der Waals surface area (Å²) in [7, 11) is 0. The van der Waals surface area contributed by atoms with Crippen LogP contribution in [0.4, 0.5) is 11.4 Å². The van der Waals surface area contributed by atoms with Gasteiger partial charge in [0, 0.05) is 10.2 Å². The van der Waals surface area contributed by atoms with Crippen molar-refractivity contribution in [2.45, 2.75) is 6.92 Å². The lowest BCUT2D eigenvalue weighted by molar-refractivity contribution is 0.0686. The van der Waals surface area contributed by atoms with Gasteiger partial charge in [0.2, 0.25) is 5.69 Å². The van der Waals surface area contributed by atoms with Crippen LogP contribution in [0.15, 0.2) is 33.3 Å². The molecule has 88 valence electrons. The van der Waals surface area contributed by atoms with Crippen LogP contribution in [0.5, 0.6) is 0 Å². The molecule has 0 spiro atoms. The average molecular weight is 297 g/mol. The molecular formula is C11H9BrN2O3. The second kappa shape index (κ2) is 4.58. The summed E-state index contributed by atoms with van der Waals surface area (Å²) in [5, 5.41) is 15.4. The lowest BCUT2D eigenvalue weighted by Gasteiger charge is -2.04. The number of aromatic carboxylic acids is 1. The van der Waals surface area contributed by atoms with Gasteiger partial charge in [-0.1, -0.05) is 21.1 Å². The Morgan fingerprint density at radius 2 is 2.06 bits per heavy atom. The summed E-state index contributed by atoms with van der Waals surface area (Å²) in [6, 6.07) is 7.35. The van der Waals surface area contributed by atoms with Gasteiger partial charge in [-0.25, -0.2) is 4.79 Å². The van der Waals surface area contributed by atoms with E-state index in [1.54, 1.807) is 6.92 Å². The molecule has 0 atom stereocenters. The van der Waals surface area contributed by atoms with E-state index in [0.717, 1.165) is 10.2 Å². The average Bonchev–Trinajstić information content (AvgIpc) is 2.64. The fourth-order valence-corrected chi connectivity index (χ4v) is 1.61. The molecule has 0 unspecified atom stereocenters. The van der Waals surface area contributed by atoms with Crippen LogP contribution in [0, 0.1) is 6.92 Å². The summed E-state index contributed by atoms with van der Waals surface area (Å²) in [5.74, 6) is -0.688.